The highest BCUT2D eigenvalue weighted by molar-refractivity contribution is 9.10. The van der Waals surface area contributed by atoms with Crippen LogP contribution >= 0.6 is 15.9 Å². The molecule has 0 fully saturated rings. The lowest BCUT2D eigenvalue weighted by atomic mass is 10.1. The number of esters is 1. The van der Waals surface area contributed by atoms with Crippen LogP contribution in [0, 0.1) is 0 Å². The molecule has 0 aliphatic carbocycles. The predicted molar refractivity (Wildman–Crippen MR) is 91.2 cm³/mol. The van der Waals surface area contributed by atoms with Crippen LogP contribution in [0.3, 0.4) is 0 Å². The molecule has 1 aromatic carbocycles. The summed E-state index contributed by atoms with van der Waals surface area (Å²) in [6, 6.07) is 6.98. The lowest BCUT2D eigenvalue weighted by Crippen LogP contribution is -2.36. The van der Waals surface area contributed by atoms with Crippen molar-refractivity contribution in [3.8, 4) is 0 Å². The minimum Gasteiger partial charge on any atom is -0.459 e. The van der Waals surface area contributed by atoms with Crippen molar-refractivity contribution in [3.63, 3.8) is 0 Å². The number of Topliss-reactive ketones (excluding diaryl/α,β-unsaturated/α-hetero) is 1. The minimum absolute atomic E-state index is 0.0637. The monoisotopic (exact) mass is 383 g/mol. The van der Waals surface area contributed by atoms with E-state index in [-0.39, 0.29) is 31.1 Å². The summed E-state index contributed by atoms with van der Waals surface area (Å²) >= 11 is 3.30. The molecule has 1 aromatic rings. The van der Waals surface area contributed by atoms with Crippen LogP contribution in [0.25, 0.3) is 0 Å². The molecule has 1 amide bonds. The van der Waals surface area contributed by atoms with Crippen molar-refractivity contribution in [1.29, 1.82) is 0 Å². The average molecular weight is 384 g/mol. The van der Waals surface area contributed by atoms with E-state index in [1.165, 1.54) is 11.9 Å². The number of benzene rings is 1. The molecular weight excluding hydrogens is 362 g/mol. The molecule has 0 heterocycles. The van der Waals surface area contributed by atoms with Crippen molar-refractivity contribution in [3.05, 3.63) is 34.3 Å². The van der Waals surface area contributed by atoms with Gasteiger partial charge in [0.15, 0.2) is 5.78 Å². The fraction of sp³-hybridized carbons (Fsp3) is 0.471. The third-order valence-electron chi connectivity index (χ3n) is 2.94. The number of ether oxygens (including phenoxy) is 1. The van der Waals surface area contributed by atoms with Crippen molar-refractivity contribution < 1.29 is 19.1 Å². The van der Waals surface area contributed by atoms with Crippen LogP contribution in [0.5, 0.6) is 0 Å². The second-order valence-electron chi connectivity index (χ2n) is 6.27. The fourth-order valence-corrected chi connectivity index (χ4v) is 2.11. The Labute approximate surface area is 145 Å². The second-order valence-corrected chi connectivity index (χ2v) is 7.18. The zero-order valence-electron chi connectivity index (χ0n) is 13.9. The van der Waals surface area contributed by atoms with E-state index >= 15 is 0 Å². The molecule has 0 N–H and O–H groups in total. The maximum absolute atomic E-state index is 12.0. The van der Waals surface area contributed by atoms with Gasteiger partial charge in [-0.15, -0.1) is 0 Å². The van der Waals surface area contributed by atoms with Gasteiger partial charge in [0.1, 0.15) is 12.1 Å². The van der Waals surface area contributed by atoms with Gasteiger partial charge in [0.05, 0.1) is 0 Å². The number of hydrogen-bond acceptors (Lipinski definition) is 4. The number of carbonyl (C=O) groups excluding carboxylic acids is 3. The Morgan fingerprint density at radius 1 is 1.09 bits per heavy atom. The van der Waals surface area contributed by atoms with E-state index in [2.05, 4.69) is 15.9 Å². The highest BCUT2D eigenvalue weighted by Crippen LogP contribution is 2.13. The van der Waals surface area contributed by atoms with Crippen LogP contribution in [0.2, 0.25) is 0 Å². The number of rotatable bonds is 6. The maximum atomic E-state index is 12.0. The van der Waals surface area contributed by atoms with Crippen LogP contribution in [0.1, 0.15) is 44.0 Å². The highest BCUT2D eigenvalue weighted by Gasteiger charge is 2.20. The Bertz CT molecular complexity index is 575. The number of hydrogen-bond donors (Lipinski definition) is 0. The summed E-state index contributed by atoms with van der Waals surface area (Å²) in [5.74, 6) is -0.828. The van der Waals surface area contributed by atoms with Gasteiger partial charge >= 0.3 is 5.97 Å². The number of likely N-dealkylation sites (N-methyl/N-ethyl adjacent to an activating group) is 1. The summed E-state index contributed by atoms with van der Waals surface area (Å²) in [7, 11) is 1.52. The zero-order chi connectivity index (χ0) is 17.6. The summed E-state index contributed by atoms with van der Waals surface area (Å²) in [5.41, 5.74) is -0.0193. The van der Waals surface area contributed by atoms with Crippen LogP contribution in [-0.2, 0) is 14.3 Å². The van der Waals surface area contributed by atoms with Gasteiger partial charge in [-0.05, 0) is 32.9 Å². The lowest BCUT2D eigenvalue weighted by molar-refractivity contribution is -0.158. The van der Waals surface area contributed by atoms with Crippen molar-refractivity contribution in [2.45, 2.75) is 39.2 Å². The van der Waals surface area contributed by atoms with Gasteiger partial charge in [0.2, 0.25) is 5.91 Å². The molecule has 0 aliphatic heterocycles. The Balaban J connectivity index is 2.45. The SMILES string of the molecule is CN(CC(=O)OC(C)(C)C)C(=O)CCC(=O)c1ccc(Br)cc1. The van der Waals surface area contributed by atoms with Gasteiger partial charge in [-0.2, -0.15) is 0 Å². The number of nitrogens with zero attached hydrogens (tertiary/aromatic N) is 1. The zero-order valence-corrected chi connectivity index (χ0v) is 15.5. The topological polar surface area (TPSA) is 63.7 Å². The molecule has 126 valence electrons. The van der Waals surface area contributed by atoms with E-state index < -0.39 is 11.6 Å². The molecule has 0 radical (unpaired) electrons. The summed E-state index contributed by atoms with van der Waals surface area (Å²) < 4.78 is 6.05. The van der Waals surface area contributed by atoms with Crippen molar-refractivity contribution in [2.75, 3.05) is 13.6 Å². The normalized spacial score (nSPS) is 11.0. The van der Waals surface area contributed by atoms with E-state index in [0.29, 0.717) is 5.56 Å². The molecule has 0 saturated heterocycles. The molecule has 0 aliphatic rings. The van der Waals surface area contributed by atoms with E-state index in [1.54, 1.807) is 45.0 Å². The molecule has 0 bridgehead atoms. The first kappa shape index (κ1) is 19.4. The smallest absolute Gasteiger partial charge is 0.326 e. The predicted octanol–water partition coefficient (Wildman–Crippen LogP) is 3.21. The van der Waals surface area contributed by atoms with Crippen LogP contribution in [-0.4, -0.2) is 41.8 Å². The van der Waals surface area contributed by atoms with Crippen molar-refractivity contribution in [2.24, 2.45) is 0 Å². The number of amides is 1. The Kier molecular flexibility index (Phi) is 6.94. The van der Waals surface area contributed by atoms with E-state index in [4.69, 9.17) is 4.74 Å². The van der Waals surface area contributed by atoms with Crippen LogP contribution < -0.4 is 0 Å². The Morgan fingerprint density at radius 3 is 2.17 bits per heavy atom. The molecule has 0 saturated carbocycles. The molecular formula is C17H22BrNO4. The number of ketones is 1. The highest BCUT2D eigenvalue weighted by atomic mass is 79.9. The first-order valence-corrected chi connectivity index (χ1v) is 8.12. The molecule has 23 heavy (non-hydrogen) atoms. The largest absolute Gasteiger partial charge is 0.459 e. The molecule has 0 spiro atoms. The van der Waals surface area contributed by atoms with Gasteiger partial charge in [-0.25, -0.2) is 0 Å². The van der Waals surface area contributed by atoms with E-state index in [1.807, 2.05) is 0 Å². The average Bonchev–Trinajstić information content (AvgIpc) is 2.42. The first-order chi connectivity index (χ1) is 10.6. The van der Waals surface area contributed by atoms with E-state index in [9.17, 15) is 14.4 Å². The summed E-state index contributed by atoms with van der Waals surface area (Å²) in [5, 5.41) is 0. The van der Waals surface area contributed by atoms with Crippen LogP contribution in [0.4, 0.5) is 0 Å². The molecule has 0 atom stereocenters. The number of halogens is 1. The fourth-order valence-electron chi connectivity index (χ4n) is 1.85. The molecule has 0 aromatic heterocycles. The Morgan fingerprint density at radius 2 is 1.65 bits per heavy atom. The quantitative estimate of drug-likeness (QED) is 0.558. The summed E-state index contributed by atoms with van der Waals surface area (Å²) in [6.07, 6.45) is 0.174. The van der Waals surface area contributed by atoms with Gasteiger partial charge in [0, 0.05) is 29.9 Å². The molecule has 1 rings (SSSR count). The van der Waals surface area contributed by atoms with Crippen molar-refractivity contribution >= 4 is 33.6 Å². The maximum Gasteiger partial charge on any atom is 0.326 e. The van der Waals surface area contributed by atoms with Gasteiger partial charge in [0.25, 0.3) is 0 Å². The Hall–Kier alpha value is -1.69. The molecule has 5 nitrogen and oxygen atoms in total. The van der Waals surface area contributed by atoms with Crippen LogP contribution in [0.15, 0.2) is 28.7 Å². The molecule has 0 unspecified atom stereocenters. The van der Waals surface area contributed by atoms with Gasteiger partial charge in [-0.1, -0.05) is 28.1 Å². The third kappa shape index (κ3) is 7.41. The standard InChI is InChI=1S/C17H22BrNO4/c1-17(2,3)23-16(22)11-19(4)15(21)10-9-14(20)12-5-7-13(18)8-6-12/h5-8H,9-11H2,1-4H3. The molecule has 6 heteroatoms. The summed E-state index contributed by atoms with van der Waals surface area (Å²) in [4.78, 5) is 37.0. The number of carbonyl (C=O) groups is 3. The third-order valence-corrected chi connectivity index (χ3v) is 3.47. The van der Waals surface area contributed by atoms with Crippen molar-refractivity contribution in [1.82, 2.24) is 4.90 Å². The first-order valence-electron chi connectivity index (χ1n) is 7.33. The second kappa shape index (κ2) is 8.24. The summed E-state index contributed by atoms with van der Waals surface area (Å²) in [6.45, 7) is 5.18. The van der Waals surface area contributed by atoms with Gasteiger partial charge < -0.3 is 9.64 Å². The lowest BCUT2D eigenvalue weighted by Gasteiger charge is -2.22. The van der Waals surface area contributed by atoms with Gasteiger partial charge in [-0.3, -0.25) is 14.4 Å². The van der Waals surface area contributed by atoms with E-state index in [0.717, 1.165) is 4.47 Å². The minimum atomic E-state index is -0.585.